The van der Waals surface area contributed by atoms with Crippen LogP contribution in [0.4, 0.5) is 0 Å². The molecule has 1 rings (SSSR count). The molecule has 1 aromatic rings. The van der Waals surface area contributed by atoms with Gasteiger partial charge in [0.2, 0.25) is 0 Å². The molecule has 15 heavy (non-hydrogen) atoms. The SMILES string of the molecule is C=C.C=CC(=O)O.C=Cc1ccccc1. The Bertz CT molecular complexity index is 289. The third kappa shape index (κ3) is 11.9. The number of carbonyl (C=O) groups is 1. The lowest BCUT2D eigenvalue weighted by Crippen LogP contribution is -1.82. The Morgan fingerprint density at radius 3 is 1.73 bits per heavy atom. The average molecular weight is 204 g/mol. The van der Waals surface area contributed by atoms with Gasteiger partial charge < -0.3 is 5.11 Å². The predicted octanol–water partition coefficient (Wildman–Crippen LogP) is 3.39. The van der Waals surface area contributed by atoms with Gasteiger partial charge in [0.1, 0.15) is 0 Å². The molecular formula is C13H16O2. The van der Waals surface area contributed by atoms with Gasteiger partial charge in [0.25, 0.3) is 0 Å². The maximum absolute atomic E-state index is 9.25. The van der Waals surface area contributed by atoms with Crippen molar-refractivity contribution in [1.82, 2.24) is 0 Å². The van der Waals surface area contributed by atoms with Crippen molar-refractivity contribution >= 4 is 12.0 Å². The summed E-state index contributed by atoms with van der Waals surface area (Å²) >= 11 is 0. The number of carboxylic acid groups (broad SMARTS) is 1. The van der Waals surface area contributed by atoms with Crippen LogP contribution in [-0.2, 0) is 4.79 Å². The minimum Gasteiger partial charge on any atom is -0.478 e. The van der Waals surface area contributed by atoms with Gasteiger partial charge in [0, 0.05) is 6.08 Å². The number of aliphatic carboxylic acids is 1. The lowest BCUT2D eigenvalue weighted by molar-refractivity contribution is -0.131. The fourth-order valence-corrected chi connectivity index (χ4v) is 0.589. The second-order valence-electron chi connectivity index (χ2n) is 2.16. The number of rotatable bonds is 2. The van der Waals surface area contributed by atoms with Crippen LogP contribution in [-0.4, -0.2) is 11.1 Å². The molecule has 0 spiro atoms. The molecule has 0 saturated carbocycles. The summed E-state index contributed by atoms with van der Waals surface area (Å²) in [6.45, 7) is 12.6. The van der Waals surface area contributed by atoms with Crippen molar-refractivity contribution in [1.29, 1.82) is 0 Å². The van der Waals surface area contributed by atoms with E-state index in [-0.39, 0.29) is 0 Å². The van der Waals surface area contributed by atoms with Gasteiger partial charge in [-0.25, -0.2) is 4.79 Å². The van der Waals surface area contributed by atoms with Crippen molar-refractivity contribution < 1.29 is 9.90 Å². The van der Waals surface area contributed by atoms with Crippen LogP contribution in [0.3, 0.4) is 0 Å². The van der Waals surface area contributed by atoms with Gasteiger partial charge in [-0.1, -0.05) is 49.6 Å². The van der Waals surface area contributed by atoms with Gasteiger partial charge >= 0.3 is 5.97 Å². The van der Waals surface area contributed by atoms with Crippen LogP contribution in [0.1, 0.15) is 5.56 Å². The molecule has 0 amide bonds. The molecule has 80 valence electrons. The maximum Gasteiger partial charge on any atom is 0.327 e. The molecule has 0 radical (unpaired) electrons. The normalized spacial score (nSPS) is 6.93. The molecule has 0 unspecified atom stereocenters. The van der Waals surface area contributed by atoms with E-state index in [1.165, 1.54) is 5.56 Å². The molecule has 0 bridgehead atoms. The fraction of sp³-hybridized carbons (Fsp3) is 0. The molecule has 0 aromatic heterocycles. The molecule has 2 heteroatoms. The Labute approximate surface area is 90.9 Å². The summed E-state index contributed by atoms with van der Waals surface area (Å²) in [6, 6.07) is 10.0. The quantitative estimate of drug-likeness (QED) is 0.592. The Morgan fingerprint density at radius 2 is 1.53 bits per heavy atom. The van der Waals surface area contributed by atoms with E-state index in [1.807, 2.05) is 36.4 Å². The highest BCUT2D eigenvalue weighted by atomic mass is 16.4. The Hall–Kier alpha value is -2.09. The first kappa shape index (κ1) is 15.4. The molecule has 0 aliphatic heterocycles. The highest BCUT2D eigenvalue weighted by molar-refractivity contribution is 5.78. The first-order chi connectivity index (χ1) is 7.20. The van der Waals surface area contributed by atoms with E-state index in [1.54, 1.807) is 0 Å². The summed E-state index contributed by atoms with van der Waals surface area (Å²) in [4.78, 5) is 9.25. The minimum absolute atomic E-state index is 0.833. The largest absolute Gasteiger partial charge is 0.478 e. The molecule has 1 aromatic carbocycles. The van der Waals surface area contributed by atoms with Crippen LogP contribution in [0.5, 0.6) is 0 Å². The molecule has 0 aliphatic rings. The first-order valence-corrected chi connectivity index (χ1v) is 4.23. The van der Waals surface area contributed by atoms with Crippen LogP contribution in [0.2, 0.25) is 0 Å². The molecule has 0 atom stereocenters. The summed E-state index contributed by atoms with van der Waals surface area (Å²) in [5.74, 6) is -0.981. The van der Waals surface area contributed by atoms with Crippen LogP contribution in [0.25, 0.3) is 6.08 Å². The lowest BCUT2D eigenvalue weighted by atomic mass is 10.2. The van der Waals surface area contributed by atoms with E-state index in [4.69, 9.17) is 5.11 Å². The highest BCUT2D eigenvalue weighted by Gasteiger charge is 1.75. The van der Waals surface area contributed by atoms with Crippen LogP contribution in [0, 0.1) is 0 Å². The van der Waals surface area contributed by atoms with Gasteiger partial charge in [0.15, 0.2) is 0 Å². The van der Waals surface area contributed by atoms with E-state index >= 15 is 0 Å². The van der Waals surface area contributed by atoms with Crippen molar-refractivity contribution in [3.63, 3.8) is 0 Å². The van der Waals surface area contributed by atoms with E-state index in [2.05, 4.69) is 26.3 Å². The zero-order chi connectivity index (χ0) is 12.1. The molecule has 0 fully saturated rings. The van der Waals surface area contributed by atoms with Crippen LogP contribution < -0.4 is 0 Å². The zero-order valence-corrected chi connectivity index (χ0v) is 8.73. The fourth-order valence-electron chi connectivity index (χ4n) is 0.589. The molecular weight excluding hydrogens is 188 g/mol. The van der Waals surface area contributed by atoms with Gasteiger partial charge in [0.05, 0.1) is 0 Å². The van der Waals surface area contributed by atoms with E-state index < -0.39 is 5.97 Å². The summed E-state index contributed by atoms with van der Waals surface area (Å²) in [5, 5.41) is 7.60. The molecule has 0 saturated heterocycles. The number of carboxylic acids is 1. The van der Waals surface area contributed by atoms with Gasteiger partial charge in [-0.05, 0) is 5.56 Å². The van der Waals surface area contributed by atoms with Gasteiger partial charge in [-0.15, -0.1) is 13.2 Å². The van der Waals surface area contributed by atoms with Crippen LogP contribution in [0.15, 0.2) is 62.7 Å². The molecule has 1 N–H and O–H groups in total. The summed E-state index contributed by atoms with van der Waals surface area (Å²) in [7, 11) is 0. The van der Waals surface area contributed by atoms with Crippen molar-refractivity contribution in [3.05, 3.63) is 68.3 Å². The van der Waals surface area contributed by atoms with E-state index in [9.17, 15) is 4.79 Å². The minimum atomic E-state index is -0.981. The summed E-state index contributed by atoms with van der Waals surface area (Å²) < 4.78 is 0. The van der Waals surface area contributed by atoms with Gasteiger partial charge in [-0.2, -0.15) is 0 Å². The number of hydrogen-bond donors (Lipinski definition) is 1. The molecule has 0 aliphatic carbocycles. The van der Waals surface area contributed by atoms with Crippen molar-refractivity contribution in [2.75, 3.05) is 0 Å². The van der Waals surface area contributed by atoms with Crippen molar-refractivity contribution in [2.24, 2.45) is 0 Å². The number of benzene rings is 1. The maximum atomic E-state index is 9.25. The predicted molar refractivity (Wildman–Crippen MR) is 65.6 cm³/mol. The Kier molecular flexibility index (Phi) is 12.2. The first-order valence-electron chi connectivity index (χ1n) is 4.23. The second kappa shape index (κ2) is 11.9. The van der Waals surface area contributed by atoms with Gasteiger partial charge in [-0.3, -0.25) is 0 Å². The topological polar surface area (TPSA) is 37.3 Å². The summed E-state index contributed by atoms with van der Waals surface area (Å²) in [5.41, 5.74) is 1.17. The molecule has 0 heterocycles. The van der Waals surface area contributed by atoms with E-state index in [0.717, 1.165) is 6.08 Å². The van der Waals surface area contributed by atoms with Crippen LogP contribution >= 0.6 is 0 Å². The second-order valence-corrected chi connectivity index (χ2v) is 2.16. The number of hydrogen-bond acceptors (Lipinski definition) is 1. The third-order valence-electron chi connectivity index (χ3n) is 1.21. The highest BCUT2D eigenvalue weighted by Crippen LogP contribution is 1.97. The monoisotopic (exact) mass is 204 g/mol. The van der Waals surface area contributed by atoms with Crippen molar-refractivity contribution in [3.8, 4) is 0 Å². The Balaban J connectivity index is 0. The summed E-state index contributed by atoms with van der Waals surface area (Å²) in [6.07, 6.45) is 2.67. The lowest BCUT2D eigenvalue weighted by Gasteiger charge is -1.85. The smallest absolute Gasteiger partial charge is 0.327 e. The third-order valence-corrected chi connectivity index (χ3v) is 1.21. The zero-order valence-electron chi connectivity index (χ0n) is 8.73. The standard InChI is InChI=1S/C8H8.C3H4O2.C2H4/c1-2-8-6-4-3-5-7-8;1-2-3(4)5;1-2/h2-7H,1H2;2H,1H2,(H,4,5);1-2H2. The van der Waals surface area contributed by atoms with Crippen molar-refractivity contribution in [2.45, 2.75) is 0 Å². The van der Waals surface area contributed by atoms with E-state index in [0.29, 0.717) is 0 Å². The Morgan fingerprint density at radius 1 is 1.13 bits per heavy atom. The average Bonchev–Trinajstić information content (AvgIpc) is 2.33. The molecule has 2 nitrogen and oxygen atoms in total.